The van der Waals surface area contributed by atoms with Crippen molar-refractivity contribution in [2.24, 2.45) is 0 Å². The van der Waals surface area contributed by atoms with Crippen LogP contribution >= 0.6 is 7.36 Å². The number of unbranched alkanes of at least 4 members (excludes halogenated alkanes) is 1. The number of rotatable bonds is 11. The van der Waals surface area contributed by atoms with Crippen LogP contribution in [-0.2, 0) is 31.0 Å². The number of nitrogens with zero attached hydrogens (tertiary/aromatic N) is 1. The highest BCUT2D eigenvalue weighted by atomic mass is 32.4. The average Bonchev–Trinajstić information content (AvgIpc) is 2.86. The SMILES string of the molecule is CNC(CCCCNC(=O)CCN1C(=O)C=CC1=O)C(=O)P=S. The minimum atomic E-state index is -0.383. The Morgan fingerprint density at radius 1 is 1.26 bits per heavy atom. The summed E-state index contributed by atoms with van der Waals surface area (Å²) in [7, 11) is 2.06. The molecule has 0 aromatic carbocycles. The number of carbonyl (C=O) groups excluding carboxylic acids is 4. The van der Waals surface area contributed by atoms with Gasteiger partial charge in [-0.05, 0) is 38.1 Å². The Morgan fingerprint density at radius 3 is 2.48 bits per heavy atom. The highest BCUT2D eigenvalue weighted by molar-refractivity contribution is 8.03. The maximum atomic E-state index is 11.7. The van der Waals surface area contributed by atoms with Gasteiger partial charge in [-0.15, -0.1) is 0 Å². The number of hydrogen-bond acceptors (Lipinski definition) is 6. The molecule has 0 bridgehead atoms. The molecule has 1 unspecified atom stereocenters. The highest BCUT2D eigenvalue weighted by Gasteiger charge is 2.23. The van der Waals surface area contributed by atoms with E-state index in [1.165, 1.54) is 12.2 Å². The fraction of sp³-hybridized carbons (Fsp3) is 0.571. The van der Waals surface area contributed by atoms with Crippen LogP contribution in [0.4, 0.5) is 0 Å². The van der Waals surface area contributed by atoms with Gasteiger partial charge in [-0.25, -0.2) is 0 Å². The monoisotopic (exact) mass is 357 g/mol. The molecule has 1 aliphatic rings. The van der Waals surface area contributed by atoms with Crippen molar-refractivity contribution in [2.45, 2.75) is 31.7 Å². The molecule has 126 valence electrons. The number of nitrogens with one attached hydrogen (secondary N) is 2. The molecule has 0 radical (unpaired) electrons. The third kappa shape index (κ3) is 6.64. The first-order chi connectivity index (χ1) is 11.0. The van der Waals surface area contributed by atoms with Gasteiger partial charge in [-0.3, -0.25) is 24.1 Å². The summed E-state index contributed by atoms with van der Waals surface area (Å²) in [6.07, 6.45) is 4.69. The van der Waals surface area contributed by atoms with Crippen LogP contribution in [-0.4, -0.2) is 54.3 Å². The average molecular weight is 357 g/mol. The fourth-order valence-electron chi connectivity index (χ4n) is 2.11. The van der Waals surface area contributed by atoms with E-state index in [9.17, 15) is 19.2 Å². The molecule has 0 aliphatic carbocycles. The van der Waals surface area contributed by atoms with Gasteiger partial charge in [0.1, 0.15) is 0 Å². The third-order valence-corrected chi connectivity index (χ3v) is 4.47. The molecule has 3 amide bonds. The van der Waals surface area contributed by atoms with Crippen molar-refractivity contribution in [3.63, 3.8) is 0 Å². The van der Waals surface area contributed by atoms with Crippen LogP contribution in [0.25, 0.3) is 0 Å². The van der Waals surface area contributed by atoms with E-state index in [-0.39, 0.29) is 42.3 Å². The quantitative estimate of drug-likeness (QED) is 0.310. The molecule has 23 heavy (non-hydrogen) atoms. The Labute approximate surface area is 141 Å². The summed E-state index contributed by atoms with van der Waals surface area (Å²) >= 11 is 4.71. The predicted molar refractivity (Wildman–Crippen MR) is 89.5 cm³/mol. The maximum absolute atomic E-state index is 11.7. The molecule has 0 spiro atoms. The summed E-state index contributed by atoms with van der Waals surface area (Å²) in [5, 5.41) is 5.66. The van der Waals surface area contributed by atoms with Crippen molar-refractivity contribution >= 4 is 42.4 Å². The first kappa shape index (κ1) is 19.5. The van der Waals surface area contributed by atoms with E-state index in [1.807, 2.05) is 0 Å². The Hall–Kier alpha value is -1.50. The zero-order chi connectivity index (χ0) is 17.2. The van der Waals surface area contributed by atoms with Gasteiger partial charge in [-0.1, -0.05) is 0 Å². The van der Waals surface area contributed by atoms with Crippen molar-refractivity contribution in [1.82, 2.24) is 15.5 Å². The molecule has 0 saturated carbocycles. The topological polar surface area (TPSA) is 95.6 Å². The van der Waals surface area contributed by atoms with Gasteiger partial charge in [-0.2, -0.15) is 0 Å². The molecule has 0 fully saturated rings. The molecule has 1 rings (SSSR count). The lowest BCUT2D eigenvalue weighted by Gasteiger charge is -2.14. The Balaban J connectivity index is 2.12. The molecule has 1 aliphatic heterocycles. The fourth-order valence-corrected chi connectivity index (χ4v) is 2.88. The van der Waals surface area contributed by atoms with Crippen LogP contribution in [0.2, 0.25) is 0 Å². The van der Waals surface area contributed by atoms with E-state index < -0.39 is 0 Å². The number of likely N-dealkylation sites (N-methyl/N-ethyl adjacent to an activating group) is 1. The van der Waals surface area contributed by atoms with Crippen molar-refractivity contribution in [3.8, 4) is 0 Å². The number of hydrogen-bond donors (Lipinski definition) is 2. The second kappa shape index (κ2) is 10.3. The smallest absolute Gasteiger partial charge is 0.253 e. The van der Waals surface area contributed by atoms with Crippen molar-refractivity contribution < 1.29 is 19.2 Å². The minimum Gasteiger partial charge on any atom is -0.356 e. The zero-order valence-corrected chi connectivity index (χ0v) is 14.6. The van der Waals surface area contributed by atoms with E-state index in [0.717, 1.165) is 17.7 Å². The lowest BCUT2D eigenvalue weighted by Crippen LogP contribution is -2.35. The maximum Gasteiger partial charge on any atom is 0.253 e. The molecule has 1 heterocycles. The molecule has 0 aromatic rings. The number of carbonyl (C=O) groups is 4. The van der Waals surface area contributed by atoms with Gasteiger partial charge in [0.2, 0.25) is 11.4 Å². The minimum absolute atomic E-state index is 0.0138. The molecule has 1 atom stereocenters. The molecule has 9 heteroatoms. The number of imide groups is 1. The van der Waals surface area contributed by atoms with Crippen LogP contribution in [0.5, 0.6) is 0 Å². The Bertz CT molecular complexity index is 506. The van der Waals surface area contributed by atoms with Crippen molar-refractivity contribution in [3.05, 3.63) is 12.2 Å². The van der Waals surface area contributed by atoms with Crippen molar-refractivity contribution in [1.29, 1.82) is 0 Å². The summed E-state index contributed by atoms with van der Waals surface area (Å²) < 4.78 is 0. The van der Waals surface area contributed by atoms with Gasteiger partial charge in [0, 0.05) is 31.7 Å². The summed E-state index contributed by atoms with van der Waals surface area (Å²) in [4.78, 5) is 46.8. The highest BCUT2D eigenvalue weighted by Crippen LogP contribution is 2.08. The van der Waals surface area contributed by atoms with Crippen LogP contribution in [0.1, 0.15) is 25.7 Å². The summed E-state index contributed by atoms with van der Waals surface area (Å²) in [6.45, 7) is 0.583. The standard InChI is InChI=1S/C14H20N3O4PS/c1-15-10(14(21)22-23)4-2-3-8-16-11(18)7-9-17-12(19)5-6-13(17)20/h5-6,10,15H,2-4,7-9H2,1H3,(H,16,18). The van der Waals surface area contributed by atoms with Gasteiger partial charge in [0.05, 0.1) is 13.4 Å². The van der Waals surface area contributed by atoms with Crippen LogP contribution < -0.4 is 10.6 Å². The van der Waals surface area contributed by atoms with Crippen molar-refractivity contribution in [2.75, 3.05) is 20.1 Å². The van der Waals surface area contributed by atoms with Gasteiger partial charge >= 0.3 is 0 Å². The lowest BCUT2D eigenvalue weighted by molar-refractivity contribution is -0.137. The largest absolute Gasteiger partial charge is 0.356 e. The third-order valence-electron chi connectivity index (χ3n) is 3.44. The summed E-state index contributed by atoms with van der Waals surface area (Å²) in [5.41, 5.74) is -0.0138. The first-order valence-corrected chi connectivity index (χ1v) is 9.25. The summed E-state index contributed by atoms with van der Waals surface area (Å²) in [5.74, 6) is -0.971. The van der Waals surface area contributed by atoms with Gasteiger partial charge in [0.15, 0.2) is 0 Å². The Morgan fingerprint density at radius 2 is 1.91 bits per heavy atom. The van der Waals surface area contributed by atoms with E-state index >= 15 is 0 Å². The molecular weight excluding hydrogens is 337 g/mol. The zero-order valence-electron chi connectivity index (χ0n) is 12.9. The first-order valence-electron chi connectivity index (χ1n) is 7.34. The second-order valence-electron chi connectivity index (χ2n) is 5.03. The second-order valence-corrected chi connectivity index (χ2v) is 6.20. The predicted octanol–water partition coefficient (Wildman–Crippen LogP) is 0.111. The lowest BCUT2D eigenvalue weighted by atomic mass is 10.1. The van der Waals surface area contributed by atoms with E-state index in [2.05, 4.69) is 10.6 Å². The number of amides is 3. The van der Waals surface area contributed by atoms with Gasteiger partial charge in [0.25, 0.3) is 11.8 Å². The van der Waals surface area contributed by atoms with E-state index in [1.54, 1.807) is 7.05 Å². The molecule has 7 nitrogen and oxygen atoms in total. The molecular formula is C14H20N3O4PS. The Kier molecular flexibility index (Phi) is 8.76. The molecule has 2 N–H and O–H groups in total. The molecule has 0 saturated heterocycles. The van der Waals surface area contributed by atoms with E-state index in [0.29, 0.717) is 20.3 Å². The van der Waals surface area contributed by atoms with Crippen LogP contribution in [0.3, 0.4) is 0 Å². The van der Waals surface area contributed by atoms with Crippen LogP contribution in [0, 0.1) is 0 Å². The molecule has 0 aromatic heterocycles. The van der Waals surface area contributed by atoms with E-state index in [4.69, 9.17) is 11.8 Å². The summed E-state index contributed by atoms with van der Waals surface area (Å²) in [6, 6.07) is -0.232. The van der Waals surface area contributed by atoms with Crippen LogP contribution in [0.15, 0.2) is 12.2 Å². The van der Waals surface area contributed by atoms with Gasteiger partial charge < -0.3 is 10.6 Å². The normalized spacial score (nSPS) is 15.3.